The summed E-state index contributed by atoms with van der Waals surface area (Å²) in [6.45, 7) is 1.47. The van der Waals surface area contributed by atoms with Gasteiger partial charge < -0.3 is 9.88 Å². The molecule has 0 unspecified atom stereocenters. The van der Waals surface area contributed by atoms with E-state index in [0.717, 1.165) is 39.4 Å². The number of thioether (sulfide) groups is 1. The van der Waals surface area contributed by atoms with E-state index in [9.17, 15) is 4.79 Å². The lowest BCUT2D eigenvalue weighted by atomic mass is 10.2. The second-order valence-corrected chi connectivity index (χ2v) is 7.44. The minimum absolute atomic E-state index is 0.0271. The molecule has 0 spiro atoms. The molecule has 1 aliphatic heterocycles. The van der Waals surface area contributed by atoms with E-state index in [4.69, 9.17) is 0 Å². The molecule has 0 bridgehead atoms. The molecule has 7 heteroatoms. The van der Waals surface area contributed by atoms with Gasteiger partial charge in [-0.3, -0.25) is 4.79 Å². The number of carbonyl (C=O) groups is 1. The van der Waals surface area contributed by atoms with Gasteiger partial charge in [0, 0.05) is 29.4 Å². The number of benzene rings is 1. The highest BCUT2D eigenvalue weighted by Gasteiger charge is 2.15. The molecule has 3 heterocycles. The molecule has 1 aromatic carbocycles. The minimum atomic E-state index is -0.0271. The summed E-state index contributed by atoms with van der Waals surface area (Å²) in [6, 6.07) is 10.0. The van der Waals surface area contributed by atoms with Crippen molar-refractivity contribution in [3.8, 4) is 10.6 Å². The monoisotopic (exact) mass is 356 g/mol. The normalized spacial score (nSPS) is 13.0. The molecule has 0 atom stereocenters. The van der Waals surface area contributed by atoms with E-state index < -0.39 is 0 Å². The lowest BCUT2D eigenvalue weighted by Crippen LogP contribution is -2.24. The molecule has 2 aromatic heterocycles. The molecule has 4 rings (SSSR count). The summed E-state index contributed by atoms with van der Waals surface area (Å²) in [4.78, 5) is 21.2. The molecule has 1 aliphatic rings. The highest BCUT2D eigenvalue weighted by Crippen LogP contribution is 2.25. The van der Waals surface area contributed by atoms with Gasteiger partial charge in [-0.05, 0) is 0 Å². The molecule has 0 saturated heterocycles. The Labute approximate surface area is 148 Å². The maximum Gasteiger partial charge on any atom is 0.226 e. The van der Waals surface area contributed by atoms with E-state index in [1.807, 2.05) is 41.9 Å². The van der Waals surface area contributed by atoms with Crippen molar-refractivity contribution < 1.29 is 4.79 Å². The van der Waals surface area contributed by atoms with Crippen LogP contribution in [-0.2, 0) is 24.3 Å². The highest BCUT2D eigenvalue weighted by molar-refractivity contribution is 7.99. The fraction of sp³-hybridized carbons (Fsp3) is 0.235. The third kappa shape index (κ3) is 3.37. The van der Waals surface area contributed by atoms with Gasteiger partial charge in [-0.15, -0.1) is 11.3 Å². The minimum Gasteiger partial charge on any atom is -0.350 e. The second-order valence-electron chi connectivity index (χ2n) is 5.52. The van der Waals surface area contributed by atoms with E-state index in [1.165, 1.54) is 0 Å². The zero-order chi connectivity index (χ0) is 16.4. The molecule has 0 fully saturated rings. The summed E-state index contributed by atoms with van der Waals surface area (Å²) < 4.78 is 2.14. The van der Waals surface area contributed by atoms with Crippen molar-refractivity contribution in [2.24, 2.45) is 0 Å². The number of aryl methyl sites for hydroxylation is 1. The first kappa shape index (κ1) is 15.4. The quantitative estimate of drug-likeness (QED) is 0.763. The lowest BCUT2D eigenvalue weighted by molar-refractivity contribution is -0.120. The Hall–Kier alpha value is -2.12. The van der Waals surface area contributed by atoms with E-state index >= 15 is 0 Å². The Morgan fingerprint density at radius 3 is 2.92 bits per heavy atom. The Kier molecular flexibility index (Phi) is 4.36. The van der Waals surface area contributed by atoms with Crippen LogP contribution in [0.25, 0.3) is 10.6 Å². The summed E-state index contributed by atoms with van der Waals surface area (Å²) in [7, 11) is 0. The van der Waals surface area contributed by atoms with Crippen molar-refractivity contribution in [2.45, 2.75) is 24.7 Å². The molecule has 1 amide bonds. The van der Waals surface area contributed by atoms with Crippen LogP contribution in [-0.4, -0.2) is 26.2 Å². The van der Waals surface area contributed by atoms with Crippen LogP contribution in [0, 0.1) is 0 Å². The van der Waals surface area contributed by atoms with Crippen molar-refractivity contribution in [3.05, 3.63) is 53.3 Å². The summed E-state index contributed by atoms with van der Waals surface area (Å²) in [5, 5.41) is 6.87. The second kappa shape index (κ2) is 6.78. The molecule has 3 aromatic rings. The summed E-state index contributed by atoms with van der Waals surface area (Å²) >= 11 is 3.32. The smallest absolute Gasteiger partial charge is 0.226 e. The Morgan fingerprint density at radius 2 is 2.08 bits per heavy atom. The number of thiazole rings is 1. The number of hydrogen-bond donors (Lipinski definition) is 1. The molecule has 0 aliphatic carbocycles. The number of nitrogens with zero attached hydrogens (tertiary/aromatic N) is 3. The number of amides is 1. The Morgan fingerprint density at radius 1 is 1.21 bits per heavy atom. The predicted molar refractivity (Wildman–Crippen MR) is 96.1 cm³/mol. The number of carbonyl (C=O) groups excluding carboxylic acids is 1. The van der Waals surface area contributed by atoms with Crippen LogP contribution >= 0.6 is 23.1 Å². The van der Waals surface area contributed by atoms with Crippen LogP contribution in [0.1, 0.15) is 11.4 Å². The SMILES string of the molecule is O=C(Cc1csc(-c2ccccc2)n1)NCc1cn2c(n1)SCC2. The van der Waals surface area contributed by atoms with Gasteiger partial charge in [0.15, 0.2) is 5.16 Å². The van der Waals surface area contributed by atoms with Crippen LogP contribution in [0.3, 0.4) is 0 Å². The average molecular weight is 356 g/mol. The fourth-order valence-electron chi connectivity index (χ4n) is 2.56. The molecule has 5 nitrogen and oxygen atoms in total. The van der Waals surface area contributed by atoms with Crippen molar-refractivity contribution in [2.75, 3.05) is 5.75 Å². The summed E-state index contributed by atoms with van der Waals surface area (Å²) in [5.74, 6) is 1.06. The van der Waals surface area contributed by atoms with E-state index in [0.29, 0.717) is 13.0 Å². The molecule has 0 radical (unpaired) electrons. The third-order valence-electron chi connectivity index (χ3n) is 3.73. The number of fused-ring (bicyclic) bond motifs is 1. The largest absolute Gasteiger partial charge is 0.350 e. The maximum absolute atomic E-state index is 12.1. The van der Waals surface area contributed by atoms with Crippen molar-refractivity contribution >= 4 is 29.0 Å². The maximum atomic E-state index is 12.1. The van der Waals surface area contributed by atoms with Crippen LogP contribution in [0.4, 0.5) is 0 Å². The van der Waals surface area contributed by atoms with Gasteiger partial charge in [-0.25, -0.2) is 9.97 Å². The van der Waals surface area contributed by atoms with Gasteiger partial charge in [-0.1, -0.05) is 42.1 Å². The zero-order valence-electron chi connectivity index (χ0n) is 12.9. The van der Waals surface area contributed by atoms with Gasteiger partial charge in [-0.2, -0.15) is 0 Å². The highest BCUT2D eigenvalue weighted by atomic mass is 32.2. The van der Waals surface area contributed by atoms with Crippen molar-refractivity contribution in [1.82, 2.24) is 19.9 Å². The van der Waals surface area contributed by atoms with E-state index in [-0.39, 0.29) is 5.91 Å². The van der Waals surface area contributed by atoms with Crippen molar-refractivity contribution in [3.63, 3.8) is 0 Å². The first-order valence-electron chi connectivity index (χ1n) is 7.73. The van der Waals surface area contributed by atoms with Crippen LogP contribution in [0.15, 0.2) is 47.1 Å². The molecular weight excluding hydrogens is 340 g/mol. The third-order valence-corrected chi connectivity index (χ3v) is 5.64. The Bertz CT molecular complexity index is 835. The fourth-order valence-corrected chi connectivity index (χ4v) is 4.35. The van der Waals surface area contributed by atoms with Gasteiger partial charge >= 0.3 is 0 Å². The number of rotatable bonds is 5. The van der Waals surface area contributed by atoms with Crippen molar-refractivity contribution in [1.29, 1.82) is 0 Å². The molecule has 122 valence electrons. The van der Waals surface area contributed by atoms with Crippen LogP contribution in [0.2, 0.25) is 0 Å². The molecule has 24 heavy (non-hydrogen) atoms. The number of nitrogens with one attached hydrogen (secondary N) is 1. The van der Waals surface area contributed by atoms with E-state index in [1.54, 1.807) is 23.1 Å². The molecule has 1 N–H and O–H groups in total. The predicted octanol–water partition coefficient (Wildman–Crippen LogP) is 2.97. The zero-order valence-corrected chi connectivity index (χ0v) is 14.6. The first-order valence-corrected chi connectivity index (χ1v) is 9.60. The van der Waals surface area contributed by atoms with Crippen LogP contribution in [0.5, 0.6) is 0 Å². The summed E-state index contributed by atoms with van der Waals surface area (Å²) in [6.07, 6.45) is 2.32. The standard InChI is InChI=1S/C17H16N4OS2/c22-15(18-9-14-10-21-6-7-23-17(21)20-14)8-13-11-24-16(19-13)12-4-2-1-3-5-12/h1-5,10-11H,6-9H2,(H,18,22). The Balaban J connectivity index is 1.33. The summed E-state index contributed by atoms with van der Waals surface area (Å²) in [5.41, 5.74) is 2.80. The molecule has 0 saturated carbocycles. The lowest BCUT2D eigenvalue weighted by Gasteiger charge is -2.01. The van der Waals surface area contributed by atoms with Gasteiger partial charge in [0.05, 0.1) is 24.4 Å². The molecular formula is C17H16N4OS2. The van der Waals surface area contributed by atoms with E-state index in [2.05, 4.69) is 19.9 Å². The average Bonchev–Trinajstić information content (AvgIpc) is 3.29. The number of aromatic nitrogens is 3. The number of imidazole rings is 1. The van der Waals surface area contributed by atoms with Crippen LogP contribution < -0.4 is 5.32 Å². The number of hydrogen-bond acceptors (Lipinski definition) is 5. The van der Waals surface area contributed by atoms with Gasteiger partial charge in [0.25, 0.3) is 0 Å². The van der Waals surface area contributed by atoms with Gasteiger partial charge in [0.2, 0.25) is 5.91 Å². The topological polar surface area (TPSA) is 59.8 Å². The van der Waals surface area contributed by atoms with Gasteiger partial charge in [0.1, 0.15) is 5.01 Å². The first-order chi connectivity index (χ1) is 11.8.